The lowest BCUT2D eigenvalue weighted by atomic mass is 9.96. The first-order valence-electron chi connectivity index (χ1n) is 9.42. The monoisotopic (exact) mass is 417 g/mol. The number of carbonyl (C=O) groups excluding carboxylic acids is 3. The van der Waals surface area contributed by atoms with Gasteiger partial charge in [-0.1, -0.05) is 12.1 Å². The van der Waals surface area contributed by atoms with Gasteiger partial charge in [-0.05, 0) is 24.6 Å². The zero-order chi connectivity index (χ0) is 21.9. The zero-order valence-electron chi connectivity index (χ0n) is 17.1. The Morgan fingerprint density at radius 3 is 2.63 bits per heavy atom. The van der Waals surface area contributed by atoms with E-state index in [4.69, 9.17) is 4.74 Å². The fraction of sp³-hybridized carbons (Fsp3) is 0.400. The van der Waals surface area contributed by atoms with Gasteiger partial charge < -0.3 is 20.3 Å². The molecule has 0 fully saturated rings. The second-order valence-electron chi connectivity index (χ2n) is 7.27. The number of methoxy groups -OCH3 is 1. The van der Waals surface area contributed by atoms with E-state index < -0.39 is 17.4 Å². The minimum Gasteiger partial charge on any atom is -0.383 e. The number of halogens is 1. The molecule has 0 saturated heterocycles. The minimum absolute atomic E-state index is 0.0885. The fourth-order valence-corrected chi connectivity index (χ4v) is 3.17. The zero-order valence-corrected chi connectivity index (χ0v) is 17.1. The highest BCUT2D eigenvalue weighted by molar-refractivity contribution is 6.01. The third-order valence-electron chi connectivity index (χ3n) is 5.18. The first kappa shape index (κ1) is 21.4. The Hall–Kier alpha value is -3.27. The Balaban J connectivity index is 1.74. The van der Waals surface area contributed by atoms with E-state index in [0.29, 0.717) is 13.2 Å². The van der Waals surface area contributed by atoms with Crippen molar-refractivity contribution in [3.8, 4) is 0 Å². The second-order valence-corrected chi connectivity index (χ2v) is 7.27. The second kappa shape index (κ2) is 8.62. The van der Waals surface area contributed by atoms with Crippen molar-refractivity contribution in [1.29, 1.82) is 0 Å². The maximum Gasteiger partial charge on any atom is 0.272 e. The van der Waals surface area contributed by atoms with Crippen LogP contribution in [0.1, 0.15) is 33.5 Å². The van der Waals surface area contributed by atoms with Crippen LogP contribution in [0, 0.1) is 5.82 Å². The molecule has 2 aromatic rings. The Morgan fingerprint density at radius 1 is 1.27 bits per heavy atom. The van der Waals surface area contributed by atoms with Gasteiger partial charge in [0, 0.05) is 33.3 Å². The van der Waals surface area contributed by atoms with Crippen LogP contribution in [0.15, 0.2) is 30.3 Å². The Bertz CT molecular complexity index is 959. The van der Waals surface area contributed by atoms with Crippen molar-refractivity contribution in [1.82, 2.24) is 25.3 Å². The Morgan fingerprint density at radius 2 is 1.97 bits per heavy atom. The van der Waals surface area contributed by atoms with Gasteiger partial charge in [0.25, 0.3) is 11.8 Å². The largest absolute Gasteiger partial charge is 0.383 e. The molecule has 3 amide bonds. The number of rotatable bonds is 7. The van der Waals surface area contributed by atoms with Crippen LogP contribution in [0.5, 0.6) is 0 Å². The van der Waals surface area contributed by atoms with Crippen LogP contribution in [0.2, 0.25) is 0 Å². The Kier molecular flexibility index (Phi) is 6.16. The third kappa shape index (κ3) is 4.18. The van der Waals surface area contributed by atoms with Gasteiger partial charge in [-0.15, -0.1) is 0 Å². The van der Waals surface area contributed by atoms with E-state index in [0.717, 1.165) is 5.56 Å². The maximum atomic E-state index is 13.0. The number of ether oxygens (including phenoxy) is 1. The molecule has 1 aromatic carbocycles. The molecule has 1 aromatic heterocycles. The van der Waals surface area contributed by atoms with Gasteiger partial charge in [0.15, 0.2) is 5.69 Å². The summed E-state index contributed by atoms with van der Waals surface area (Å²) in [6.45, 7) is 2.58. The first-order valence-corrected chi connectivity index (χ1v) is 9.42. The van der Waals surface area contributed by atoms with Crippen molar-refractivity contribution in [2.45, 2.75) is 25.6 Å². The van der Waals surface area contributed by atoms with Crippen molar-refractivity contribution in [3.05, 3.63) is 53.1 Å². The van der Waals surface area contributed by atoms with Crippen molar-refractivity contribution in [3.63, 3.8) is 0 Å². The van der Waals surface area contributed by atoms with Gasteiger partial charge in [-0.25, -0.2) is 4.39 Å². The number of hydrogen-bond acceptors (Lipinski definition) is 5. The molecule has 1 unspecified atom stereocenters. The molecule has 0 bridgehead atoms. The smallest absolute Gasteiger partial charge is 0.272 e. The quantitative estimate of drug-likeness (QED) is 0.641. The van der Waals surface area contributed by atoms with Crippen LogP contribution in [0.4, 0.5) is 4.39 Å². The molecule has 160 valence electrons. The fourth-order valence-electron chi connectivity index (χ4n) is 3.17. The molecule has 0 radical (unpaired) electrons. The van der Waals surface area contributed by atoms with Gasteiger partial charge in [0.05, 0.1) is 13.2 Å². The van der Waals surface area contributed by atoms with Crippen LogP contribution >= 0.6 is 0 Å². The lowest BCUT2D eigenvalue weighted by Crippen LogP contribution is -2.62. The molecule has 0 aliphatic carbocycles. The van der Waals surface area contributed by atoms with Gasteiger partial charge in [-0.3, -0.25) is 19.1 Å². The summed E-state index contributed by atoms with van der Waals surface area (Å²) < 4.78 is 19.3. The molecule has 0 saturated carbocycles. The molecule has 2 N–H and O–H groups in total. The summed E-state index contributed by atoms with van der Waals surface area (Å²) in [6.07, 6.45) is 0. The highest BCUT2D eigenvalue weighted by Crippen LogP contribution is 2.26. The lowest BCUT2D eigenvalue weighted by Gasteiger charge is -2.40. The summed E-state index contributed by atoms with van der Waals surface area (Å²) in [5.41, 5.74) is -0.148. The first-order chi connectivity index (χ1) is 14.3. The van der Waals surface area contributed by atoms with Crippen molar-refractivity contribution >= 4 is 17.7 Å². The molecule has 2 heterocycles. The van der Waals surface area contributed by atoms with E-state index in [1.54, 1.807) is 19.1 Å². The van der Waals surface area contributed by atoms with E-state index in [2.05, 4.69) is 15.7 Å². The number of nitrogens with zero attached hydrogens (tertiary/aromatic N) is 3. The van der Waals surface area contributed by atoms with Crippen LogP contribution < -0.4 is 10.6 Å². The van der Waals surface area contributed by atoms with Gasteiger partial charge in [0.2, 0.25) is 5.91 Å². The van der Waals surface area contributed by atoms with Gasteiger partial charge >= 0.3 is 0 Å². The highest BCUT2D eigenvalue weighted by atomic mass is 19.1. The number of benzene rings is 1. The Labute approximate surface area is 173 Å². The minimum atomic E-state index is -1.21. The van der Waals surface area contributed by atoms with E-state index in [9.17, 15) is 18.8 Å². The summed E-state index contributed by atoms with van der Waals surface area (Å²) >= 11 is 0. The average molecular weight is 417 g/mol. The summed E-state index contributed by atoms with van der Waals surface area (Å²) in [6, 6.07) is 7.20. The molecule has 30 heavy (non-hydrogen) atoms. The van der Waals surface area contributed by atoms with Crippen LogP contribution in [-0.2, 0) is 22.6 Å². The molecule has 9 nitrogen and oxygen atoms in total. The van der Waals surface area contributed by atoms with Gasteiger partial charge in [0.1, 0.15) is 17.1 Å². The summed E-state index contributed by atoms with van der Waals surface area (Å²) in [4.78, 5) is 39.3. The predicted molar refractivity (Wildman–Crippen MR) is 105 cm³/mol. The molecule has 1 aliphatic heterocycles. The third-order valence-corrected chi connectivity index (χ3v) is 5.18. The summed E-state index contributed by atoms with van der Waals surface area (Å²) in [5.74, 6) is -1.58. The number of hydrogen-bond donors (Lipinski definition) is 2. The number of aromatic nitrogens is 2. The van der Waals surface area contributed by atoms with Crippen LogP contribution in [0.25, 0.3) is 0 Å². The van der Waals surface area contributed by atoms with E-state index >= 15 is 0 Å². The molecule has 3 rings (SSSR count). The van der Waals surface area contributed by atoms with E-state index in [1.165, 1.54) is 41.9 Å². The predicted octanol–water partition coefficient (Wildman–Crippen LogP) is 0.559. The van der Waals surface area contributed by atoms with Crippen LogP contribution in [0.3, 0.4) is 0 Å². The van der Waals surface area contributed by atoms with E-state index in [-0.39, 0.29) is 36.2 Å². The lowest BCUT2D eigenvalue weighted by molar-refractivity contribution is -0.132. The van der Waals surface area contributed by atoms with Crippen molar-refractivity contribution < 1.29 is 23.5 Å². The molecule has 10 heteroatoms. The summed E-state index contributed by atoms with van der Waals surface area (Å²) in [5, 5.41) is 9.65. The summed E-state index contributed by atoms with van der Waals surface area (Å²) in [7, 11) is 3.06. The maximum absolute atomic E-state index is 13.0. The number of nitrogens with one attached hydrogen (secondary N) is 2. The number of amides is 3. The standard InChI is InChI=1S/C20H24FN5O4/c1-20(19(29)23-11-13-4-6-14(21)7-5-13)12-26-16(18(28)25(20)2)10-15(24-26)17(27)22-8-9-30-3/h4-7,10H,8-9,11-12H2,1-3H3,(H,22,27)(H,23,29). The SMILES string of the molecule is COCCNC(=O)c1cc2n(n1)CC(C)(C(=O)NCc1ccc(F)cc1)N(C)C2=O. The average Bonchev–Trinajstić information content (AvgIpc) is 3.15. The van der Waals surface area contributed by atoms with Crippen molar-refractivity contribution in [2.24, 2.45) is 0 Å². The van der Waals surface area contributed by atoms with E-state index in [1.807, 2.05) is 0 Å². The van der Waals surface area contributed by atoms with Crippen LogP contribution in [-0.4, -0.2) is 65.2 Å². The van der Waals surface area contributed by atoms with Crippen molar-refractivity contribution in [2.75, 3.05) is 27.3 Å². The molecule has 1 atom stereocenters. The highest BCUT2D eigenvalue weighted by Gasteiger charge is 2.46. The number of fused-ring (bicyclic) bond motifs is 1. The topological polar surface area (TPSA) is 106 Å². The normalized spacial score (nSPS) is 18.1. The molecule has 1 aliphatic rings. The molecular formula is C20H24FN5O4. The number of likely N-dealkylation sites (N-methyl/N-ethyl adjacent to an activating group) is 1. The number of carbonyl (C=O) groups is 3. The molecule has 0 spiro atoms. The molecular weight excluding hydrogens is 393 g/mol. The van der Waals surface area contributed by atoms with Gasteiger partial charge in [-0.2, -0.15) is 5.10 Å².